The first-order valence-corrected chi connectivity index (χ1v) is 5.12. The molecule has 0 bridgehead atoms. The fourth-order valence-corrected chi connectivity index (χ4v) is 0.854. The Morgan fingerprint density at radius 1 is 0.909 bits per heavy atom. The van der Waals surface area contributed by atoms with Crippen molar-refractivity contribution in [2.75, 3.05) is 13.1 Å². The second-order valence-corrected chi connectivity index (χ2v) is 2.41. The van der Waals surface area contributed by atoms with Crippen molar-refractivity contribution >= 4 is 0 Å². The summed E-state index contributed by atoms with van der Waals surface area (Å²) in [5.41, 5.74) is 0. The standard InChI is InChI=1S/C8H19N.C2H6/c1-3-5-6-7-8-9-4-2;1-2/h9H,3-8H2,1-2H3;1-2H3. The molecule has 0 aliphatic carbocycles. The summed E-state index contributed by atoms with van der Waals surface area (Å²) in [6.07, 6.45) is 5.47. The van der Waals surface area contributed by atoms with Crippen LogP contribution in [0.1, 0.15) is 53.4 Å². The molecule has 0 aromatic rings. The van der Waals surface area contributed by atoms with Crippen molar-refractivity contribution in [1.29, 1.82) is 0 Å². The second kappa shape index (κ2) is 16.5. The summed E-state index contributed by atoms with van der Waals surface area (Å²) in [4.78, 5) is 0. The second-order valence-electron chi connectivity index (χ2n) is 2.41. The summed E-state index contributed by atoms with van der Waals surface area (Å²) in [5, 5.41) is 3.31. The van der Waals surface area contributed by atoms with Crippen LogP contribution in [0.3, 0.4) is 0 Å². The maximum Gasteiger partial charge on any atom is -0.00490 e. The minimum Gasteiger partial charge on any atom is -0.317 e. The van der Waals surface area contributed by atoms with Gasteiger partial charge in [-0.25, -0.2) is 0 Å². The van der Waals surface area contributed by atoms with Gasteiger partial charge in [0.15, 0.2) is 0 Å². The van der Waals surface area contributed by atoms with Crippen LogP contribution in [0, 0.1) is 0 Å². The van der Waals surface area contributed by atoms with Crippen LogP contribution in [0.5, 0.6) is 0 Å². The van der Waals surface area contributed by atoms with E-state index in [1.807, 2.05) is 13.8 Å². The van der Waals surface area contributed by atoms with E-state index in [-0.39, 0.29) is 0 Å². The third kappa shape index (κ3) is 17.8. The lowest BCUT2D eigenvalue weighted by molar-refractivity contribution is 0.611. The van der Waals surface area contributed by atoms with Crippen LogP contribution in [-0.2, 0) is 0 Å². The van der Waals surface area contributed by atoms with Crippen LogP contribution in [0.2, 0.25) is 0 Å². The van der Waals surface area contributed by atoms with E-state index in [0.717, 1.165) is 6.54 Å². The average Bonchev–Trinajstić information content (AvgIpc) is 2.08. The summed E-state index contributed by atoms with van der Waals surface area (Å²) in [5.74, 6) is 0. The van der Waals surface area contributed by atoms with E-state index < -0.39 is 0 Å². The van der Waals surface area contributed by atoms with Crippen LogP contribution in [0.25, 0.3) is 0 Å². The molecule has 0 saturated heterocycles. The summed E-state index contributed by atoms with van der Waals surface area (Å²) >= 11 is 0. The van der Waals surface area contributed by atoms with Crippen LogP contribution in [0.4, 0.5) is 0 Å². The van der Waals surface area contributed by atoms with Crippen molar-refractivity contribution in [1.82, 2.24) is 5.32 Å². The Bertz CT molecular complexity index is 38.1. The van der Waals surface area contributed by atoms with Crippen molar-refractivity contribution in [2.45, 2.75) is 53.4 Å². The maximum absolute atomic E-state index is 3.31. The van der Waals surface area contributed by atoms with Gasteiger partial charge in [-0.2, -0.15) is 0 Å². The van der Waals surface area contributed by atoms with Crippen molar-refractivity contribution < 1.29 is 0 Å². The molecule has 1 heteroatoms. The molecule has 0 heterocycles. The molecule has 0 radical (unpaired) electrons. The van der Waals surface area contributed by atoms with Gasteiger partial charge in [-0.15, -0.1) is 0 Å². The van der Waals surface area contributed by atoms with E-state index in [1.54, 1.807) is 0 Å². The molecule has 0 rings (SSSR count). The van der Waals surface area contributed by atoms with Gasteiger partial charge < -0.3 is 5.32 Å². The molecule has 0 aliphatic rings. The van der Waals surface area contributed by atoms with Crippen molar-refractivity contribution in [3.05, 3.63) is 0 Å². The van der Waals surface area contributed by atoms with Gasteiger partial charge in [-0.05, 0) is 19.5 Å². The molecular formula is C10H25N. The monoisotopic (exact) mass is 159 g/mol. The number of hydrogen-bond acceptors (Lipinski definition) is 1. The largest absolute Gasteiger partial charge is 0.317 e. The Kier molecular flexibility index (Phi) is 20.3. The minimum atomic E-state index is 1.12. The van der Waals surface area contributed by atoms with Crippen molar-refractivity contribution in [3.63, 3.8) is 0 Å². The van der Waals surface area contributed by atoms with E-state index in [0.29, 0.717) is 0 Å². The highest BCUT2D eigenvalue weighted by molar-refractivity contribution is 4.44. The quantitative estimate of drug-likeness (QED) is 0.587. The van der Waals surface area contributed by atoms with E-state index in [2.05, 4.69) is 19.2 Å². The van der Waals surface area contributed by atoms with Gasteiger partial charge in [0.05, 0.1) is 0 Å². The Balaban J connectivity index is 0. The summed E-state index contributed by atoms with van der Waals surface area (Å²) in [7, 11) is 0. The molecule has 0 fully saturated rings. The first kappa shape index (κ1) is 13.5. The average molecular weight is 159 g/mol. The third-order valence-corrected chi connectivity index (χ3v) is 1.46. The molecule has 0 amide bonds. The van der Waals surface area contributed by atoms with Crippen molar-refractivity contribution in [3.8, 4) is 0 Å². The van der Waals surface area contributed by atoms with E-state index in [9.17, 15) is 0 Å². The summed E-state index contributed by atoms with van der Waals surface area (Å²) in [6, 6.07) is 0. The van der Waals surface area contributed by atoms with Gasteiger partial charge >= 0.3 is 0 Å². The minimum absolute atomic E-state index is 1.12. The predicted octanol–water partition coefficient (Wildman–Crippen LogP) is 3.20. The zero-order chi connectivity index (χ0) is 8.95. The topological polar surface area (TPSA) is 12.0 Å². The fraction of sp³-hybridized carbons (Fsp3) is 1.00. The third-order valence-electron chi connectivity index (χ3n) is 1.46. The van der Waals surface area contributed by atoms with Gasteiger partial charge in [0.25, 0.3) is 0 Å². The molecule has 0 aliphatic heterocycles. The Hall–Kier alpha value is -0.0400. The zero-order valence-electron chi connectivity index (χ0n) is 8.74. The molecule has 0 spiro atoms. The first-order chi connectivity index (χ1) is 5.41. The number of nitrogens with one attached hydrogen (secondary N) is 1. The highest BCUT2D eigenvalue weighted by Crippen LogP contribution is 1.96. The lowest BCUT2D eigenvalue weighted by atomic mass is 10.2. The first-order valence-electron chi connectivity index (χ1n) is 5.12. The zero-order valence-corrected chi connectivity index (χ0v) is 8.74. The number of rotatable bonds is 6. The molecular weight excluding hydrogens is 134 g/mol. The summed E-state index contributed by atoms with van der Waals surface area (Å²) in [6.45, 7) is 10.7. The van der Waals surface area contributed by atoms with Crippen LogP contribution in [-0.4, -0.2) is 13.1 Å². The van der Waals surface area contributed by atoms with Crippen LogP contribution in [0.15, 0.2) is 0 Å². The smallest absolute Gasteiger partial charge is 0.00490 e. The normalized spacial score (nSPS) is 8.73. The van der Waals surface area contributed by atoms with E-state index in [1.165, 1.54) is 32.2 Å². The van der Waals surface area contributed by atoms with Gasteiger partial charge in [-0.1, -0.05) is 47.0 Å². The Morgan fingerprint density at radius 3 is 2.00 bits per heavy atom. The molecule has 1 nitrogen and oxygen atoms in total. The molecule has 0 unspecified atom stereocenters. The van der Waals surface area contributed by atoms with Gasteiger partial charge in [-0.3, -0.25) is 0 Å². The number of unbranched alkanes of at least 4 members (excludes halogenated alkanes) is 3. The molecule has 1 N–H and O–H groups in total. The van der Waals surface area contributed by atoms with Crippen LogP contribution >= 0.6 is 0 Å². The molecule has 0 aromatic heterocycles. The predicted molar refractivity (Wildman–Crippen MR) is 54.0 cm³/mol. The van der Waals surface area contributed by atoms with Gasteiger partial charge in [0, 0.05) is 0 Å². The highest BCUT2D eigenvalue weighted by atomic mass is 14.8. The molecule has 0 aromatic carbocycles. The summed E-state index contributed by atoms with van der Waals surface area (Å²) < 4.78 is 0. The van der Waals surface area contributed by atoms with Crippen molar-refractivity contribution in [2.24, 2.45) is 0 Å². The lowest BCUT2D eigenvalue weighted by Gasteiger charge is -1.98. The van der Waals surface area contributed by atoms with E-state index in [4.69, 9.17) is 0 Å². The fourth-order valence-electron chi connectivity index (χ4n) is 0.854. The number of hydrogen-bond donors (Lipinski definition) is 1. The highest BCUT2D eigenvalue weighted by Gasteiger charge is 1.84. The SMILES string of the molecule is CC.CCCCCCNCC. The Morgan fingerprint density at radius 2 is 1.55 bits per heavy atom. The van der Waals surface area contributed by atoms with Gasteiger partial charge in [0.1, 0.15) is 0 Å². The maximum atomic E-state index is 3.31. The molecule has 0 saturated carbocycles. The molecule has 70 valence electrons. The molecule has 0 atom stereocenters. The Labute approximate surface area is 72.6 Å². The molecule has 11 heavy (non-hydrogen) atoms. The lowest BCUT2D eigenvalue weighted by Crippen LogP contribution is -2.13. The van der Waals surface area contributed by atoms with E-state index >= 15 is 0 Å². The van der Waals surface area contributed by atoms with Crippen LogP contribution < -0.4 is 5.32 Å². The van der Waals surface area contributed by atoms with Gasteiger partial charge in [0.2, 0.25) is 0 Å².